The van der Waals surface area contributed by atoms with Crippen LogP contribution in [0.5, 0.6) is 0 Å². The molecule has 7 nitrogen and oxygen atoms in total. The van der Waals surface area contributed by atoms with Crippen molar-refractivity contribution in [3.63, 3.8) is 0 Å². The summed E-state index contributed by atoms with van der Waals surface area (Å²) in [5.74, 6) is -0.391. The maximum Gasteiger partial charge on any atom is 0.306 e. The van der Waals surface area contributed by atoms with Crippen molar-refractivity contribution in [2.24, 2.45) is 16.7 Å². The Hall–Kier alpha value is -1.44. The third-order valence-corrected chi connectivity index (χ3v) is 7.61. The standard InChI is InChI=1S/C22H32O7/c1-12(2)6-18(25)28-16-9-21(10-26-14(4)23)17(7-13(16)3)29-19-15(24)8-20(21,5)22(19)11-27-22/h7,12,15-17,19,24H,6,8-11H2,1-5H3/t15-,16+,17-,19-,20-,21-,22?/m1/s1. The zero-order chi connectivity index (χ0) is 21.2. The second-order valence-corrected chi connectivity index (χ2v) is 9.89. The van der Waals surface area contributed by atoms with Gasteiger partial charge < -0.3 is 24.1 Å². The molecule has 1 unspecified atom stereocenters. The second-order valence-electron chi connectivity index (χ2n) is 9.89. The number of epoxide rings is 1. The Morgan fingerprint density at radius 3 is 2.62 bits per heavy atom. The summed E-state index contributed by atoms with van der Waals surface area (Å²) in [5, 5.41) is 10.7. The molecule has 0 radical (unpaired) electrons. The van der Waals surface area contributed by atoms with Gasteiger partial charge in [0.2, 0.25) is 0 Å². The number of aliphatic hydroxyl groups excluding tert-OH is 1. The monoisotopic (exact) mass is 408 g/mol. The lowest BCUT2D eigenvalue weighted by Gasteiger charge is -2.58. The van der Waals surface area contributed by atoms with Crippen LogP contribution in [0.4, 0.5) is 0 Å². The van der Waals surface area contributed by atoms with E-state index in [2.05, 4.69) is 6.92 Å². The van der Waals surface area contributed by atoms with E-state index in [0.29, 0.717) is 25.9 Å². The molecular formula is C22H32O7. The summed E-state index contributed by atoms with van der Waals surface area (Å²) in [6.07, 6.45) is 1.50. The molecule has 0 aromatic rings. The fourth-order valence-electron chi connectivity index (χ4n) is 5.89. The van der Waals surface area contributed by atoms with Gasteiger partial charge in [-0.3, -0.25) is 9.59 Å². The summed E-state index contributed by atoms with van der Waals surface area (Å²) in [6, 6.07) is 0. The number of aliphatic hydroxyl groups is 1. The lowest BCUT2D eigenvalue weighted by atomic mass is 9.51. The van der Waals surface area contributed by atoms with Crippen molar-refractivity contribution in [3.05, 3.63) is 11.6 Å². The Balaban J connectivity index is 1.71. The number of carbonyl (C=O) groups excluding carboxylic acids is 2. The van der Waals surface area contributed by atoms with Crippen molar-refractivity contribution in [2.75, 3.05) is 13.2 Å². The average Bonchev–Trinajstić information content (AvgIpc) is 3.37. The van der Waals surface area contributed by atoms with Crippen molar-refractivity contribution < 1.29 is 33.6 Å². The zero-order valence-electron chi connectivity index (χ0n) is 17.9. The van der Waals surface area contributed by atoms with Gasteiger partial charge in [0, 0.05) is 30.6 Å². The number of esters is 2. The van der Waals surface area contributed by atoms with Gasteiger partial charge in [-0.15, -0.1) is 0 Å². The fourth-order valence-corrected chi connectivity index (χ4v) is 5.89. The molecule has 0 aromatic carbocycles. The molecule has 1 spiro atoms. The Morgan fingerprint density at radius 2 is 2.03 bits per heavy atom. The van der Waals surface area contributed by atoms with Crippen LogP contribution in [-0.2, 0) is 28.5 Å². The van der Waals surface area contributed by atoms with Gasteiger partial charge in [-0.1, -0.05) is 26.8 Å². The third kappa shape index (κ3) is 2.96. The molecule has 2 aliphatic carbocycles. The van der Waals surface area contributed by atoms with Gasteiger partial charge in [0.05, 0.1) is 18.8 Å². The molecule has 1 N–H and O–H groups in total. The molecule has 4 rings (SSSR count). The van der Waals surface area contributed by atoms with Crippen LogP contribution < -0.4 is 0 Å². The number of fused-ring (bicyclic) bond motifs is 2. The summed E-state index contributed by atoms with van der Waals surface area (Å²) in [7, 11) is 0. The van der Waals surface area contributed by atoms with E-state index in [1.54, 1.807) is 0 Å². The summed E-state index contributed by atoms with van der Waals surface area (Å²) in [4.78, 5) is 24.1. The molecule has 162 valence electrons. The van der Waals surface area contributed by atoms with Gasteiger partial charge in [-0.25, -0.2) is 0 Å². The van der Waals surface area contributed by atoms with Crippen LogP contribution >= 0.6 is 0 Å². The van der Waals surface area contributed by atoms with Crippen LogP contribution in [0.3, 0.4) is 0 Å². The van der Waals surface area contributed by atoms with Crippen molar-refractivity contribution in [3.8, 4) is 0 Å². The normalized spacial score (nSPS) is 45.0. The summed E-state index contributed by atoms with van der Waals surface area (Å²) in [5.41, 5.74) is -0.765. The Bertz CT molecular complexity index is 739. The molecule has 7 heteroatoms. The highest BCUT2D eigenvalue weighted by molar-refractivity contribution is 5.70. The van der Waals surface area contributed by atoms with E-state index in [1.165, 1.54) is 6.92 Å². The molecule has 2 aliphatic heterocycles. The highest BCUT2D eigenvalue weighted by Gasteiger charge is 2.81. The van der Waals surface area contributed by atoms with Crippen LogP contribution in [-0.4, -0.2) is 60.3 Å². The largest absolute Gasteiger partial charge is 0.465 e. The first-order valence-corrected chi connectivity index (χ1v) is 10.5. The van der Waals surface area contributed by atoms with Gasteiger partial charge in [-0.05, 0) is 24.8 Å². The molecule has 2 saturated heterocycles. The van der Waals surface area contributed by atoms with Crippen molar-refractivity contribution in [2.45, 2.75) is 83.9 Å². The van der Waals surface area contributed by atoms with Crippen LogP contribution in [0.2, 0.25) is 0 Å². The number of hydrogen-bond donors (Lipinski definition) is 1. The van der Waals surface area contributed by atoms with Gasteiger partial charge in [0.1, 0.15) is 24.4 Å². The SMILES string of the molecule is CC(=O)OC[C@]12C[C@H](OC(=O)CC(C)C)C(C)=C[C@H]1O[C@@H]1[C@H](O)C[C@@]2(C)C12CO2. The van der Waals surface area contributed by atoms with Crippen LogP contribution in [0, 0.1) is 16.7 Å². The first kappa shape index (κ1) is 20.8. The number of ether oxygens (including phenoxy) is 4. The lowest BCUT2D eigenvalue weighted by Crippen LogP contribution is -2.66. The Kier molecular flexibility index (Phi) is 4.87. The Labute approximate surface area is 171 Å². The van der Waals surface area contributed by atoms with E-state index in [9.17, 15) is 14.7 Å². The van der Waals surface area contributed by atoms with Gasteiger partial charge >= 0.3 is 11.9 Å². The summed E-state index contributed by atoms with van der Waals surface area (Å²) in [6.45, 7) is 10.0. The highest BCUT2D eigenvalue weighted by Crippen LogP contribution is 2.71. The minimum Gasteiger partial charge on any atom is -0.465 e. The lowest BCUT2D eigenvalue weighted by molar-refractivity contribution is -0.230. The average molecular weight is 408 g/mol. The third-order valence-electron chi connectivity index (χ3n) is 7.61. The van der Waals surface area contributed by atoms with Crippen molar-refractivity contribution in [1.82, 2.24) is 0 Å². The molecule has 0 aromatic heterocycles. The minimum atomic E-state index is -0.647. The van der Waals surface area contributed by atoms with Crippen LogP contribution in [0.25, 0.3) is 0 Å². The molecule has 3 fully saturated rings. The van der Waals surface area contributed by atoms with Crippen LogP contribution in [0.1, 0.15) is 53.9 Å². The maximum absolute atomic E-state index is 12.4. The Morgan fingerprint density at radius 1 is 1.34 bits per heavy atom. The molecule has 2 bridgehead atoms. The molecule has 2 heterocycles. The van der Waals surface area contributed by atoms with Crippen molar-refractivity contribution >= 4 is 11.9 Å². The quantitative estimate of drug-likeness (QED) is 0.423. The molecule has 7 atom stereocenters. The van der Waals surface area contributed by atoms with Crippen molar-refractivity contribution in [1.29, 1.82) is 0 Å². The van der Waals surface area contributed by atoms with E-state index < -0.39 is 34.7 Å². The van der Waals surface area contributed by atoms with E-state index in [0.717, 1.165) is 5.57 Å². The molecule has 1 saturated carbocycles. The first-order valence-electron chi connectivity index (χ1n) is 10.5. The van der Waals surface area contributed by atoms with E-state index >= 15 is 0 Å². The number of rotatable bonds is 5. The van der Waals surface area contributed by atoms with Gasteiger partial charge in [-0.2, -0.15) is 0 Å². The van der Waals surface area contributed by atoms with E-state index in [1.807, 2.05) is 26.8 Å². The zero-order valence-corrected chi connectivity index (χ0v) is 17.9. The minimum absolute atomic E-state index is 0.135. The molecule has 29 heavy (non-hydrogen) atoms. The first-order chi connectivity index (χ1) is 13.5. The van der Waals surface area contributed by atoms with E-state index in [-0.39, 0.29) is 30.6 Å². The van der Waals surface area contributed by atoms with Gasteiger partial charge in [0.15, 0.2) is 0 Å². The maximum atomic E-state index is 12.4. The van der Waals surface area contributed by atoms with E-state index in [4.69, 9.17) is 18.9 Å². The topological polar surface area (TPSA) is 94.6 Å². The molecule has 0 amide bonds. The second kappa shape index (κ2) is 6.79. The number of hydrogen-bond acceptors (Lipinski definition) is 7. The smallest absolute Gasteiger partial charge is 0.306 e. The summed E-state index contributed by atoms with van der Waals surface area (Å²) >= 11 is 0. The summed E-state index contributed by atoms with van der Waals surface area (Å²) < 4.78 is 23.7. The predicted octanol–water partition coefficient (Wildman–Crippen LogP) is 2.15. The molecular weight excluding hydrogens is 376 g/mol. The number of carbonyl (C=O) groups is 2. The highest BCUT2D eigenvalue weighted by atomic mass is 16.6. The molecule has 4 aliphatic rings. The van der Waals surface area contributed by atoms with Gasteiger partial charge in [0.25, 0.3) is 0 Å². The fraction of sp³-hybridized carbons (Fsp3) is 0.818. The predicted molar refractivity (Wildman–Crippen MR) is 103 cm³/mol. The van der Waals surface area contributed by atoms with Crippen LogP contribution in [0.15, 0.2) is 11.6 Å².